The Kier molecular flexibility index (Phi) is 6.66. The normalized spacial score (nSPS) is 15.8. The Morgan fingerprint density at radius 3 is 2.24 bits per heavy atom. The molecular formula is C10H21NO5S. The minimum Gasteiger partial charge on any atom is -0.480 e. The molecule has 0 rings (SSSR count). The van der Waals surface area contributed by atoms with Gasteiger partial charge in [0.1, 0.15) is 6.04 Å². The molecule has 0 fully saturated rings. The summed E-state index contributed by atoms with van der Waals surface area (Å²) in [5, 5.41) is 8.62. The highest BCUT2D eigenvalue weighted by molar-refractivity contribution is 7.89. The van der Waals surface area contributed by atoms with Crippen LogP contribution in [0.5, 0.6) is 0 Å². The van der Waals surface area contributed by atoms with Crippen LogP contribution in [-0.4, -0.2) is 44.5 Å². The summed E-state index contributed by atoms with van der Waals surface area (Å²) in [6, 6.07) is -1.13. The van der Waals surface area contributed by atoms with E-state index in [9.17, 15) is 13.2 Å². The first kappa shape index (κ1) is 16.3. The van der Waals surface area contributed by atoms with Gasteiger partial charge in [0.15, 0.2) is 0 Å². The van der Waals surface area contributed by atoms with Gasteiger partial charge in [-0.15, -0.1) is 0 Å². The molecule has 0 aromatic heterocycles. The molecule has 0 aliphatic rings. The van der Waals surface area contributed by atoms with Crippen LogP contribution in [0.3, 0.4) is 0 Å². The third kappa shape index (κ3) is 7.30. The number of nitrogens with one attached hydrogen (secondary N) is 1. The van der Waals surface area contributed by atoms with E-state index in [2.05, 4.69) is 4.72 Å². The topological polar surface area (TPSA) is 92.7 Å². The number of carbonyl (C=O) groups is 1. The second-order valence-corrected chi connectivity index (χ2v) is 6.24. The van der Waals surface area contributed by atoms with Gasteiger partial charge in [-0.1, -0.05) is 13.8 Å². The summed E-state index contributed by atoms with van der Waals surface area (Å²) in [5.41, 5.74) is 0. The fourth-order valence-electron chi connectivity index (χ4n) is 1.37. The SMILES string of the molecule is COC(CC(C)C)CS(=O)(=O)NC(C)C(=O)O. The van der Waals surface area contributed by atoms with Gasteiger partial charge in [0.05, 0.1) is 11.9 Å². The summed E-state index contributed by atoms with van der Waals surface area (Å²) in [7, 11) is -2.19. The Morgan fingerprint density at radius 2 is 1.88 bits per heavy atom. The molecule has 0 aliphatic carbocycles. The number of ether oxygens (including phenoxy) is 1. The summed E-state index contributed by atoms with van der Waals surface area (Å²) in [4.78, 5) is 10.6. The molecule has 2 atom stereocenters. The Labute approximate surface area is 102 Å². The molecule has 2 unspecified atom stereocenters. The lowest BCUT2D eigenvalue weighted by Crippen LogP contribution is -2.42. The number of carboxylic acid groups (broad SMARTS) is 1. The predicted octanol–water partition coefficient (Wildman–Crippen LogP) is 0.440. The molecule has 0 aromatic rings. The van der Waals surface area contributed by atoms with Gasteiger partial charge >= 0.3 is 5.97 Å². The van der Waals surface area contributed by atoms with E-state index in [-0.39, 0.29) is 5.75 Å². The number of hydrogen-bond donors (Lipinski definition) is 2. The molecule has 7 heteroatoms. The van der Waals surface area contributed by atoms with Gasteiger partial charge in [0, 0.05) is 7.11 Å². The van der Waals surface area contributed by atoms with Crippen LogP contribution >= 0.6 is 0 Å². The van der Waals surface area contributed by atoms with Crippen molar-refractivity contribution in [2.45, 2.75) is 39.3 Å². The van der Waals surface area contributed by atoms with E-state index in [1.54, 1.807) is 0 Å². The third-order valence-corrected chi connectivity index (χ3v) is 3.72. The van der Waals surface area contributed by atoms with Crippen molar-refractivity contribution in [3.05, 3.63) is 0 Å². The van der Waals surface area contributed by atoms with Crippen molar-refractivity contribution >= 4 is 16.0 Å². The van der Waals surface area contributed by atoms with Crippen molar-refractivity contribution in [1.82, 2.24) is 4.72 Å². The minimum atomic E-state index is -3.64. The zero-order chi connectivity index (χ0) is 13.6. The van der Waals surface area contributed by atoms with Gasteiger partial charge in [0.2, 0.25) is 10.0 Å². The minimum absolute atomic E-state index is 0.223. The fraction of sp³-hybridized carbons (Fsp3) is 0.900. The van der Waals surface area contributed by atoms with Crippen LogP contribution in [0.1, 0.15) is 27.2 Å². The van der Waals surface area contributed by atoms with E-state index >= 15 is 0 Å². The van der Waals surface area contributed by atoms with Crippen LogP contribution in [0.4, 0.5) is 0 Å². The molecule has 0 aromatic carbocycles. The lowest BCUT2D eigenvalue weighted by Gasteiger charge is -2.18. The van der Waals surface area contributed by atoms with Crippen LogP contribution in [-0.2, 0) is 19.6 Å². The first-order valence-electron chi connectivity index (χ1n) is 5.43. The predicted molar refractivity (Wildman–Crippen MR) is 64.3 cm³/mol. The van der Waals surface area contributed by atoms with Gasteiger partial charge < -0.3 is 9.84 Å². The van der Waals surface area contributed by atoms with Crippen molar-refractivity contribution in [3.8, 4) is 0 Å². The summed E-state index contributed by atoms with van der Waals surface area (Å²) >= 11 is 0. The summed E-state index contributed by atoms with van der Waals surface area (Å²) in [5.74, 6) is -1.11. The number of hydrogen-bond acceptors (Lipinski definition) is 4. The molecular weight excluding hydrogens is 246 g/mol. The molecule has 0 amide bonds. The van der Waals surface area contributed by atoms with E-state index in [0.717, 1.165) is 0 Å². The average molecular weight is 267 g/mol. The zero-order valence-electron chi connectivity index (χ0n) is 10.6. The highest BCUT2D eigenvalue weighted by Crippen LogP contribution is 2.09. The van der Waals surface area contributed by atoms with E-state index < -0.39 is 28.1 Å². The summed E-state index contributed by atoms with van der Waals surface area (Å²) in [6.45, 7) is 5.21. The average Bonchev–Trinajstić information content (AvgIpc) is 2.14. The maximum atomic E-state index is 11.6. The Hall–Kier alpha value is -0.660. The summed E-state index contributed by atoms with van der Waals surface area (Å²) in [6.07, 6.45) is 0.187. The Morgan fingerprint density at radius 1 is 1.35 bits per heavy atom. The maximum Gasteiger partial charge on any atom is 0.321 e. The van der Waals surface area contributed by atoms with Crippen LogP contribution in [0, 0.1) is 5.92 Å². The number of sulfonamides is 1. The van der Waals surface area contributed by atoms with Gasteiger partial charge in [-0.25, -0.2) is 13.1 Å². The van der Waals surface area contributed by atoms with Crippen LogP contribution in [0.2, 0.25) is 0 Å². The van der Waals surface area contributed by atoms with Gasteiger partial charge in [-0.05, 0) is 19.3 Å². The van der Waals surface area contributed by atoms with Crippen molar-refractivity contribution in [1.29, 1.82) is 0 Å². The molecule has 0 radical (unpaired) electrons. The molecule has 0 saturated carbocycles. The monoisotopic (exact) mass is 267 g/mol. The molecule has 2 N–H and O–H groups in total. The summed E-state index contributed by atoms with van der Waals surface area (Å²) < 4.78 is 30.4. The smallest absolute Gasteiger partial charge is 0.321 e. The first-order valence-corrected chi connectivity index (χ1v) is 7.08. The molecule has 0 heterocycles. The van der Waals surface area contributed by atoms with Crippen LogP contribution in [0.25, 0.3) is 0 Å². The van der Waals surface area contributed by atoms with E-state index in [4.69, 9.17) is 9.84 Å². The number of rotatable bonds is 8. The Bertz CT molecular complexity index is 339. The molecule has 0 saturated heterocycles. The maximum absolute atomic E-state index is 11.6. The number of aliphatic carboxylic acids is 1. The standard InChI is InChI=1S/C10H21NO5S/c1-7(2)5-9(16-4)6-17(14,15)11-8(3)10(12)13/h7-9,11H,5-6H2,1-4H3,(H,12,13). The zero-order valence-corrected chi connectivity index (χ0v) is 11.5. The fourth-order valence-corrected chi connectivity index (χ4v) is 2.87. The molecule has 0 spiro atoms. The highest BCUT2D eigenvalue weighted by atomic mass is 32.2. The van der Waals surface area contributed by atoms with Crippen LogP contribution < -0.4 is 4.72 Å². The number of methoxy groups -OCH3 is 1. The second kappa shape index (κ2) is 6.93. The highest BCUT2D eigenvalue weighted by Gasteiger charge is 2.24. The van der Waals surface area contributed by atoms with E-state index in [1.807, 2.05) is 13.8 Å². The molecule has 0 bridgehead atoms. The van der Waals surface area contributed by atoms with Crippen molar-refractivity contribution in [2.24, 2.45) is 5.92 Å². The van der Waals surface area contributed by atoms with Gasteiger partial charge in [0.25, 0.3) is 0 Å². The van der Waals surface area contributed by atoms with Crippen molar-refractivity contribution < 1.29 is 23.1 Å². The molecule has 17 heavy (non-hydrogen) atoms. The number of carboxylic acids is 1. The molecule has 0 aliphatic heterocycles. The lowest BCUT2D eigenvalue weighted by atomic mass is 10.1. The van der Waals surface area contributed by atoms with E-state index in [0.29, 0.717) is 12.3 Å². The van der Waals surface area contributed by atoms with Crippen LogP contribution in [0.15, 0.2) is 0 Å². The largest absolute Gasteiger partial charge is 0.480 e. The van der Waals surface area contributed by atoms with E-state index in [1.165, 1.54) is 14.0 Å². The van der Waals surface area contributed by atoms with Crippen molar-refractivity contribution in [2.75, 3.05) is 12.9 Å². The quantitative estimate of drug-likeness (QED) is 0.665. The third-order valence-electron chi connectivity index (χ3n) is 2.20. The Balaban J connectivity index is 4.46. The lowest BCUT2D eigenvalue weighted by molar-refractivity contribution is -0.138. The second-order valence-electron chi connectivity index (χ2n) is 4.45. The van der Waals surface area contributed by atoms with Gasteiger partial charge in [-0.2, -0.15) is 0 Å². The molecule has 102 valence electrons. The van der Waals surface area contributed by atoms with Gasteiger partial charge in [-0.3, -0.25) is 4.79 Å². The molecule has 6 nitrogen and oxygen atoms in total. The van der Waals surface area contributed by atoms with Crippen molar-refractivity contribution in [3.63, 3.8) is 0 Å². The first-order chi connectivity index (χ1) is 7.68.